The van der Waals surface area contributed by atoms with Crippen molar-refractivity contribution >= 4 is 17.8 Å². The topological polar surface area (TPSA) is 122 Å². The predicted molar refractivity (Wildman–Crippen MR) is 123 cm³/mol. The van der Waals surface area contributed by atoms with Crippen molar-refractivity contribution in [1.82, 2.24) is 5.43 Å². The first-order valence-corrected chi connectivity index (χ1v) is 10.4. The number of hydrogen-bond acceptors (Lipinski definition) is 8. The highest BCUT2D eigenvalue weighted by Gasteiger charge is 2.16. The lowest BCUT2D eigenvalue weighted by atomic mass is 10.2. The zero-order chi connectivity index (χ0) is 23.9. The van der Waals surface area contributed by atoms with Crippen LogP contribution in [0, 0.1) is 10.1 Å². The minimum absolute atomic E-state index is 0.0213. The van der Waals surface area contributed by atoms with Crippen LogP contribution in [0.1, 0.15) is 28.4 Å². The summed E-state index contributed by atoms with van der Waals surface area (Å²) in [5.74, 6) is 1.75. The van der Waals surface area contributed by atoms with Crippen LogP contribution in [0.5, 0.6) is 23.0 Å². The van der Waals surface area contributed by atoms with E-state index in [1.807, 2.05) is 6.92 Å². The van der Waals surface area contributed by atoms with Gasteiger partial charge < -0.3 is 18.9 Å². The van der Waals surface area contributed by atoms with Crippen molar-refractivity contribution in [1.29, 1.82) is 0 Å². The molecule has 0 saturated carbocycles. The molecule has 0 aromatic heterocycles. The third kappa shape index (κ3) is 5.41. The first-order valence-electron chi connectivity index (χ1n) is 10.4. The van der Waals surface area contributed by atoms with Crippen molar-refractivity contribution < 1.29 is 28.7 Å². The van der Waals surface area contributed by atoms with E-state index in [0.29, 0.717) is 40.7 Å². The van der Waals surface area contributed by atoms with Crippen molar-refractivity contribution in [3.05, 3.63) is 87.5 Å². The largest absolute Gasteiger partial charge is 0.490 e. The van der Waals surface area contributed by atoms with Gasteiger partial charge in [-0.25, -0.2) is 5.43 Å². The number of ether oxygens (including phenoxy) is 4. The summed E-state index contributed by atoms with van der Waals surface area (Å²) >= 11 is 0. The minimum atomic E-state index is -0.449. The fourth-order valence-electron chi connectivity index (χ4n) is 3.14. The van der Waals surface area contributed by atoms with E-state index in [9.17, 15) is 14.9 Å². The zero-order valence-corrected chi connectivity index (χ0v) is 18.2. The van der Waals surface area contributed by atoms with Crippen LogP contribution >= 0.6 is 0 Å². The molecule has 0 unspecified atom stereocenters. The molecule has 174 valence electrons. The molecule has 1 N–H and O–H groups in total. The van der Waals surface area contributed by atoms with Crippen molar-refractivity contribution in [3.63, 3.8) is 0 Å². The molecule has 0 bridgehead atoms. The van der Waals surface area contributed by atoms with Crippen LogP contribution in [0.15, 0.2) is 65.8 Å². The van der Waals surface area contributed by atoms with Crippen molar-refractivity contribution in [2.45, 2.75) is 13.5 Å². The average Bonchev–Trinajstić information content (AvgIpc) is 3.32. The van der Waals surface area contributed by atoms with Gasteiger partial charge in [0.2, 0.25) is 6.79 Å². The molecule has 1 aliphatic heterocycles. The molecule has 3 aromatic rings. The summed E-state index contributed by atoms with van der Waals surface area (Å²) in [6.07, 6.45) is 1.49. The number of hydrogen-bond donors (Lipinski definition) is 1. The Kier molecular flexibility index (Phi) is 6.87. The molecule has 0 spiro atoms. The first kappa shape index (κ1) is 22.6. The van der Waals surface area contributed by atoms with Gasteiger partial charge >= 0.3 is 0 Å². The summed E-state index contributed by atoms with van der Waals surface area (Å²) < 4.78 is 22.0. The van der Waals surface area contributed by atoms with Gasteiger partial charge in [0.25, 0.3) is 11.6 Å². The van der Waals surface area contributed by atoms with Crippen LogP contribution in [-0.2, 0) is 6.61 Å². The third-order valence-electron chi connectivity index (χ3n) is 4.82. The number of nitro benzene ring substituents is 1. The second kappa shape index (κ2) is 10.3. The number of rotatable bonds is 9. The van der Waals surface area contributed by atoms with E-state index in [1.54, 1.807) is 48.5 Å². The van der Waals surface area contributed by atoms with E-state index >= 15 is 0 Å². The highest BCUT2D eigenvalue weighted by molar-refractivity contribution is 5.95. The Morgan fingerprint density at radius 1 is 1.06 bits per heavy atom. The molecule has 0 fully saturated rings. The summed E-state index contributed by atoms with van der Waals surface area (Å²) in [6, 6.07) is 16.3. The Morgan fingerprint density at radius 2 is 1.85 bits per heavy atom. The Bertz CT molecular complexity index is 1230. The number of hydrazone groups is 1. The van der Waals surface area contributed by atoms with Gasteiger partial charge in [0, 0.05) is 17.7 Å². The number of nitro groups is 1. The lowest BCUT2D eigenvalue weighted by molar-refractivity contribution is -0.384. The van der Waals surface area contributed by atoms with Crippen molar-refractivity contribution in [2.75, 3.05) is 13.4 Å². The summed E-state index contributed by atoms with van der Waals surface area (Å²) in [5, 5.41) is 14.8. The monoisotopic (exact) mass is 463 g/mol. The number of nitrogens with zero attached hydrogens (tertiary/aromatic N) is 2. The van der Waals surface area contributed by atoms with Crippen LogP contribution < -0.4 is 24.4 Å². The molecule has 1 heterocycles. The third-order valence-corrected chi connectivity index (χ3v) is 4.82. The Balaban J connectivity index is 1.38. The van der Waals surface area contributed by atoms with Crippen molar-refractivity contribution in [2.24, 2.45) is 5.10 Å². The number of carbonyl (C=O) groups excluding carboxylic acids is 1. The lowest BCUT2D eigenvalue weighted by Gasteiger charge is -2.12. The first-order chi connectivity index (χ1) is 16.5. The molecular formula is C24H21N3O7. The van der Waals surface area contributed by atoms with E-state index < -0.39 is 4.92 Å². The average molecular weight is 463 g/mol. The van der Waals surface area contributed by atoms with E-state index in [2.05, 4.69) is 10.5 Å². The molecule has 34 heavy (non-hydrogen) atoms. The smallest absolute Gasteiger partial charge is 0.271 e. The molecule has 1 amide bonds. The summed E-state index contributed by atoms with van der Waals surface area (Å²) in [5.41, 5.74) is 4.37. The standard InChI is InChI=1S/C24H21N3O7/c1-2-31-22-11-17(5-9-20(22)32-14-16-3-7-19(8-4-16)27(29)30)13-25-26-24(28)18-6-10-21-23(12-18)34-15-33-21/h3-13H,2,14-15H2,1H3,(H,26,28)/b25-13-. The van der Waals surface area contributed by atoms with Crippen LogP contribution in [-0.4, -0.2) is 30.4 Å². The van der Waals surface area contributed by atoms with Gasteiger partial charge in [-0.2, -0.15) is 5.10 Å². The van der Waals surface area contributed by atoms with Crippen LogP contribution in [0.25, 0.3) is 0 Å². The minimum Gasteiger partial charge on any atom is -0.490 e. The zero-order valence-electron chi connectivity index (χ0n) is 18.2. The lowest BCUT2D eigenvalue weighted by Crippen LogP contribution is -2.17. The molecule has 1 aliphatic rings. The molecule has 0 atom stereocenters. The number of amides is 1. The molecular weight excluding hydrogens is 442 g/mol. The van der Waals surface area contributed by atoms with Gasteiger partial charge in [0.05, 0.1) is 17.7 Å². The second-order valence-corrected chi connectivity index (χ2v) is 7.12. The second-order valence-electron chi connectivity index (χ2n) is 7.12. The molecule has 3 aromatic carbocycles. The molecule has 4 rings (SSSR count). The van der Waals surface area contributed by atoms with E-state index in [4.69, 9.17) is 18.9 Å². The maximum atomic E-state index is 12.3. The van der Waals surface area contributed by atoms with E-state index in [-0.39, 0.29) is 25.0 Å². The van der Waals surface area contributed by atoms with Gasteiger partial charge in [-0.1, -0.05) is 0 Å². The molecule has 0 aliphatic carbocycles. The number of nitrogens with one attached hydrogen (secondary N) is 1. The van der Waals surface area contributed by atoms with Gasteiger partial charge in [0.1, 0.15) is 6.61 Å². The number of carbonyl (C=O) groups is 1. The highest BCUT2D eigenvalue weighted by Crippen LogP contribution is 2.32. The number of benzene rings is 3. The fourth-order valence-corrected chi connectivity index (χ4v) is 3.14. The highest BCUT2D eigenvalue weighted by atomic mass is 16.7. The maximum Gasteiger partial charge on any atom is 0.271 e. The molecule has 0 radical (unpaired) electrons. The van der Waals surface area contributed by atoms with E-state index in [0.717, 1.165) is 5.56 Å². The van der Waals surface area contributed by atoms with Gasteiger partial charge in [-0.05, 0) is 66.6 Å². The maximum absolute atomic E-state index is 12.3. The molecule has 0 saturated heterocycles. The molecule has 10 nitrogen and oxygen atoms in total. The Hall–Kier alpha value is -4.60. The van der Waals surface area contributed by atoms with Gasteiger partial charge in [-0.3, -0.25) is 14.9 Å². The summed E-state index contributed by atoms with van der Waals surface area (Å²) in [4.78, 5) is 22.7. The summed E-state index contributed by atoms with van der Waals surface area (Å²) in [7, 11) is 0. The van der Waals surface area contributed by atoms with Crippen LogP contribution in [0.3, 0.4) is 0 Å². The van der Waals surface area contributed by atoms with Crippen molar-refractivity contribution in [3.8, 4) is 23.0 Å². The van der Waals surface area contributed by atoms with Gasteiger partial charge in [0.15, 0.2) is 23.0 Å². The number of fused-ring (bicyclic) bond motifs is 1. The summed E-state index contributed by atoms with van der Waals surface area (Å²) in [6.45, 7) is 2.63. The fraction of sp³-hybridized carbons (Fsp3) is 0.167. The van der Waals surface area contributed by atoms with E-state index in [1.165, 1.54) is 18.3 Å². The number of non-ortho nitro benzene ring substituents is 1. The van der Waals surface area contributed by atoms with Crippen LogP contribution in [0.2, 0.25) is 0 Å². The SMILES string of the molecule is CCOc1cc(/C=N\NC(=O)c2ccc3c(c2)OCO3)ccc1OCc1ccc([N+](=O)[O-])cc1. The quantitative estimate of drug-likeness (QED) is 0.288. The van der Waals surface area contributed by atoms with Crippen LogP contribution in [0.4, 0.5) is 5.69 Å². The predicted octanol–water partition coefficient (Wildman–Crippen LogP) is 4.07. The Morgan fingerprint density at radius 3 is 2.62 bits per heavy atom. The molecule has 10 heteroatoms. The Labute approximate surface area is 194 Å². The van der Waals surface area contributed by atoms with Gasteiger partial charge in [-0.15, -0.1) is 0 Å². The normalized spacial score (nSPS) is 11.9.